The fourth-order valence-corrected chi connectivity index (χ4v) is 3.31. The third kappa shape index (κ3) is 3.43. The van der Waals surface area contributed by atoms with Crippen LogP contribution in [0, 0.1) is 5.82 Å². The average molecular weight is 284 g/mol. The summed E-state index contributed by atoms with van der Waals surface area (Å²) in [6.45, 7) is 4.91. The van der Waals surface area contributed by atoms with Gasteiger partial charge in [-0.05, 0) is 6.07 Å². The van der Waals surface area contributed by atoms with E-state index in [2.05, 4.69) is 11.8 Å². The summed E-state index contributed by atoms with van der Waals surface area (Å²) < 4.78 is 13.9. The lowest BCUT2D eigenvalue weighted by Gasteiger charge is -2.30. The lowest BCUT2D eigenvalue weighted by Crippen LogP contribution is -2.36. The van der Waals surface area contributed by atoms with Crippen molar-refractivity contribution in [3.63, 3.8) is 0 Å². The Labute approximate surface area is 117 Å². The molecule has 0 saturated carbocycles. The number of nitrogens with two attached hydrogens (primary N) is 1. The molecule has 1 fully saturated rings. The molecule has 1 unspecified atom stereocenters. The fourth-order valence-electron chi connectivity index (χ4n) is 2.10. The topological polar surface area (TPSA) is 29.3 Å². The molecule has 1 heterocycles. The van der Waals surface area contributed by atoms with E-state index in [0.717, 1.165) is 18.8 Å². The first-order valence-electron chi connectivity index (χ1n) is 5.98. The minimum atomic E-state index is -0.217. The Morgan fingerprint density at radius 3 is 3.00 bits per heavy atom. The summed E-state index contributed by atoms with van der Waals surface area (Å²) in [5.74, 6) is 0.902. The van der Waals surface area contributed by atoms with Crippen LogP contribution in [0.25, 0.3) is 0 Å². The van der Waals surface area contributed by atoms with Gasteiger partial charge in [0.15, 0.2) is 0 Å². The number of benzene rings is 1. The molecular weight excluding hydrogens is 267 g/mol. The molecule has 1 atom stereocenters. The molecule has 1 aromatic carbocycles. The van der Waals surface area contributed by atoms with Gasteiger partial charge in [-0.1, -0.05) is 31.3 Å². The van der Waals surface area contributed by atoms with Crippen LogP contribution in [-0.2, 0) is 6.54 Å². The highest BCUT2D eigenvalue weighted by atomic mass is 32.2. The van der Waals surface area contributed by atoms with Gasteiger partial charge in [-0.15, -0.1) is 0 Å². The lowest BCUT2D eigenvalue weighted by molar-refractivity contribution is 0.274. The van der Waals surface area contributed by atoms with Crippen LogP contribution in [0.3, 0.4) is 0 Å². The van der Waals surface area contributed by atoms with E-state index in [9.17, 15) is 4.39 Å². The van der Waals surface area contributed by atoms with Crippen LogP contribution in [0.2, 0.25) is 0 Å². The predicted molar refractivity (Wildman–Crippen MR) is 79.5 cm³/mol. The summed E-state index contributed by atoms with van der Waals surface area (Å²) in [5, 5.41) is 0.623. The summed E-state index contributed by atoms with van der Waals surface area (Å²) in [6.07, 6.45) is 0. The molecule has 5 heteroatoms. The number of hydrogen-bond donors (Lipinski definition) is 1. The van der Waals surface area contributed by atoms with Crippen molar-refractivity contribution >= 4 is 29.0 Å². The number of thiocarbonyl (C=S) groups is 1. The second kappa shape index (κ2) is 5.99. The van der Waals surface area contributed by atoms with Crippen molar-refractivity contribution in [3.05, 3.63) is 35.1 Å². The minimum Gasteiger partial charge on any atom is -0.389 e. The molecule has 1 aromatic rings. The Kier molecular flexibility index (Phi) is 4.59. The SMILES string of the molecule is CC1CN(Cc2ccc(C(N)=S)cc2F)CCS1. The maximum Gasteiger partial charge on any atom is 0.128 e. The van der Waals surface area contributed by atoms with Crippen molar-refractivity contribution in [2.45, 2.75) is 18.7 Å². The second-order valence-corrected chi connectivity index (χ2v) is 6.57. The van der Waals surface area contributed by atoms with Crippen LogP contribution in [0.15, 0.2) is 18.2 Å². The van der Waals surface area contributed by atoms with E-state index in [-0.39, 0.29) is 10.8 Å². The molecule has 0 spiro atoms. The third-order valence-corrected chi connectivity index (χ3v) is 4.43. The highest BCUT2D eigenvalue weighted by molar-refractivity contribution is 7.99. The summed E-state index contributed by atoms with van der Waals surface area (Å²) in [5.41, 5.74) is 6.80. The molecule has 98 valence electrons. The normalized spacial score (nSPS) is 20.9. The highest BCUT2D eigenvalue weighted by Crippen LogP contribution is 2.20. The van der Waals surface area contributed by atoms with Gasteiger partial charge in [0.05, 0.1) is 0 Å². The molecule has 2 rings (SSSR count). The van der Waals surface area contributed by atoms with E-state index in [1.54, 1.807) is 12.1 Å². The lowest BCUT2D eigenvalue weighted by atomic mass is 10.1. The number of thioether (sulfide) groups is 1. The monoisotopic (exact) mass is 284 g/mol. The first kappa shape index (κ1) is 13.8. The molecule has 2 nitrogen and oxygen atoms in total. The molecule has 0 aromatic heterocycles. The predicted octanol–water partition coefficient (Wildman–Crippen LogP) is 2.40. The van der Waals surface area contributed by atoms with Gasteiger partial charge in [-0.25, -0.2) is 4.39 Å². The van der Waals surface area contributed by atoms with Crippen molar-refractivity contribution < 1.29 is 4.39 Å². The third-order valence-electron chi connectivity index (χ3n) is 3.06. The Bertz CT molecular complexity index is 451. The summed E-state index contributed by atoms with van der Waals surface area (Å²) in [6, 6.07) is 5.01. The van der Waals surface area contributed by atoms with Crippen molar-refractivity contribution in [2.75, 3.05) is 18.8 Å². The molecule has 1 aliphatic rings. The van der Waals surface area contributed by atoms with Gasteiger partial charge in [0.25, 0.3) is 0 Å². The Hall–Kier alpha value is -0.650. The molecule has 1 saturated heterocycles. The van der Waals surface area contributed by atoms with E-state index < -0.39 is 0 Å². The van der Waals surface area contributed by atoms with Gasteiger partial charge in [-0.3, -0.25) is 4.90 Å². The molecule has 0 aliphatic carbocycles. The zero-order valence-electron chi connectivity index (χ0n) is 10.4. The quantitative estimate of drug-likeness (QED) is 0.863. The van der Waals surface area contributed by atoms with Gasteiger partial charge < -0.3 is 5.73 Å². The maximum atomic E-state index is 13.9. The summed E-state index contributed by atoms with van der Waals surface area (Å²) in [7, 11) is 0. The van der Waals surface area contributed by atoms with Crippen molar-refractivity contribution in [1.29, 1.82) is 0 Å². The molecular formula is C13H17FN2S2. The zero-order chi connectivity index (χ0) is 13.1. The first-order valence-corrected chi connectivity index (χ1v) is 7.44. The largest absolute Gasteiger partial charge is 0.389 e. The molecule has 0 amide bonds. The van der Waals surface area contributed by atoms with Crippen LogP contribution in [0.5, 0.6) is 0 Å². The second-order valence-electron chi connectivity index (χ2n) is 4.59. The summed E-state index contributed by atoms with van der Waals surface area (Å²) in [4.78, 5) is 2.53. The van der Waals surface area contributed by atoms with Crippen LogP contribution in [-0.4, -0.2) is 34.0 Å². The Morgan fingerprint density at radius 2 is 2.39 bits per heavy atom. The zero-order valence-corrected chi connectivity index (χ0v) is 12.0. The number of hydrogen-bond acceptors (Lipinski definition) is 3. The Balaban J connectivity index is 2.07. The summed E-state index contributed by atoms with van der Waals surface area (Å²) >= 11 is 6.81. The van der Waals surface area contributed by atoms with E-state index in [4.69, 9.17) is 18.0 Å². The number of nitrogens with zero attached hydrogens (tertiary/aromatic N) is 1. The van der Waals surface area contributed by atoms with Gasteiger partial charge in [-0.2, -0.15) is 11.8 Å². The van der Waals surface area contributed by atoms with Crippen LogP contribution >= 0.6 is 24.0 Å². The van der Waals surface area contributed by atoms with Crippen LogP contribution in [0.4, 0.5) is 4.39 Å². The first-order chi connectivity index (χ1) is 8.56. The van der Waals surface area contributed by atoms with Gasteiger partial charge >= 0.3 is 0 Å². The molecule has 0 bridgehead atoms. The minimum absolute atomic E-state index is 0.217. The van der Waals surface area contributed by atoms with Crippen LogP contribution < -0.4 is 5.73 Å². The standard InChI is InChI=1S/C13H17FN2S2/c1-9-7-16(4-5-18-9)8-11-3-2-10(13(15)17)6-12(11)14/h2-3,6,9H,4-5,7-8H2,1H3,(H2,15,17). The highest BCUT2D eigenvalue weighted by Gasteiger charge is 2.18. The van der Waals surface area contributed by atoms with Gasteiger partial charge in [0, 0.05) is 41.8 Å². The van der Waals surface area contributed by atoms with Crippen molar-refractivity contribution in [3.8, 4) is 0 Å². The van der Waals surface area contributed by atoms with E-state index in [1.165, 1.54) is 6.07 Å². The van der Waals surface area contributed by atoms with Crippen molar-refractivity contribution in [1.82, 2.24) is 4.90 Å². The van der Waals surface area contributed by atoms with Crippen molar-refractivity contribution in [2.24, 2.45) is 5.73 Å². The van der Waals surface area contributed by atoms with E-state index in [1.807, 2.05) is 11.8 Å². The van der Waals surface area contributed by atoms with Gasteiger partial charge in [0.1, 0.15) is 10.8 Å². The molecule has 18 heavy (non-hydrogen) atoms. The Morgan fingerprint density at radius 1 is 1.61 bits per heavy atom. The molecule has 0 radical (unpaired) electrons. The average Bonchev–Trinajstić information content (AvgIpc) is 2.31. The number of halogens is 1. The fraction of sp³-hybridized carbons (Fsp3) is 0.462. The smallest absolute Gasteiger partial charge is 0.128 e. The van der Waals surface area contributed by atoms with Crippen LogP contribution in [0.1, 0.15) is 18.1 Å². The van der Waals surface area contributed by atoms with Gasteiger partial charge in [0.2, 0.25) is 0 Å². The maximum absolute atomic E-state index is 13.9. The van der Waals surface area contributed by atoms with E-state index >= 15 is 0 Å². The number of rotatable bonds is 3. The molecule has 2 N–H and O–H groups in total. The van der Waals surface area contributed by atoms with E-state index in [0.29, 0.717) is 22.9 Å². The molecule has 1 aliphatic heterocycles.